The van der Waals surface area contributed by atoms with E-state index in [9.17, 15) is 5.11 Å². The van der Waals surface area contributed by atoms with Gasteiger partial charge in [0.05, 0.1) is 13.2 Å². The zero-order valence-corrected chi connectivity index (χ0v) is 11.7. The van der Waals surface area contributed by atoms with Gasteiger partial charge in [0.1, 0.15) is 5.75 Å². The van der Waals surface area contributed by atoms with Crippen molar-refractivity contribution in [1.29, 1.82) is 0 Å². The van der Waals surface area contributed by atoms with Crippen molar-refractivity contribution in [3.8, 4) is 5.75 Å². The number of aliphatic hydroxyl groups is 1. The largest absolute Gasteiger partial charge is 0.497 e. The molecule has 3 nitrogen and oxygen atoms in total. The van der Waals surface area contributed by atoms with Crippen molar-refractivity contribution >= 4 is 0 Å². The number of aliphatic hydroxyl groups excluding tert-OH is 1. The third-order valence-corrected chi connectivity index (χ3v) is 3.92. The molecule has 2 rings (SSSR count). The lowest BCUT2D eigenvalue weighted by atomic mass is 10.1. The molecular formula is C15H23NO2. The Kier molecular flexibility index (Phi) is 3.93. The zero-order valence-electron chi connectivity index (χ0n) is 11.7. The summed E-state index contributed by atoms with van der Waals surface area (Å²) < 4.78 is 5.23. The van der Waals surface area contributed by atoms with Gasteiger partial charge in [0.15, 0.2) is 0 Å². The lowest BCUT2D eigenvalue weighted by molar-refractivity contribution is 0.0457. The van der Waals surface area contributed by atoms with E-state index in [1.807, 2.05) is 12.1 Å². The maximum Gasteiger partial charge on any atom is 0.119 e. The third kappa shape index (κ3) is 2.25. The van der Waals surface area contributed by atoms with Crippen molar-refractivity contribution in [3.63, 3.8) is 0 Å². The summed E-state index contributed by atoms with van der Waals surface area (Å²) in [6.45, 7) is 7.47. The summed E-state index contributed by atoms with van der Waals surface area (Å²) >= 11 is 0. The van der Waals surface area contributed by atoms with Crippen LogP contribution in [0.5, 0.6) is 5.75 Å². The van der Waals surface area contributed by atoms with Crippen LogP contribution < -0.4 is 4.74 Å². The smallest absolute Gasteiger partial charge is 0.119 e. The molecule has 1 N–H and O–H groups in total. The Hall–Kier alpha value is -1.06. The van der Waals surface area contributed by atoms with E-state index in [1.165, 1.54) is 5.56 Å². The van der Waals surface area contributed by atoms with Crippen LogP contribution in [0.1, 0.15) is 38.0 Å². The van der Waals surface area contributed by atoms with Crippen molar-refractivity contribution in [3.05, 3.63) is 29.3 Å². The van der Waals surface area contributed by atoms with Crippen LogP contribution >= 0.6 is 0 Å². The van der Waals surface area contributed by atoms with Crippen LogP contribution in [0, 0.1) is 0 Å². The number of ether oxygens (including phenoxy) is 1. The molecule has 2 unspecified atom stereocenters. The minimum atomic E-state index is -0.405. The maximum atomic E-state index is 10.5. The van der Waals surface area contributed by atoms with Crippen LogP contribution in [-0.4, -0.2) is 35.7 Å². The second-order valence-corrected chi connectivity index (χ2v) is 5.21. The van der Waals surface area contributed by atoms with Crippen LogP contribution in [0.3, 0.4) is 0 Å². The summed E-state index contributed by atoms with van der Waals surface area (Å²) in [5.74, 6) is 0.820. The molecule has 2 atom stereocenters. The quantitative estimate of drug-likeness (QED) is 0.889. The van der Waals surface area contributed by atoms with E-state index >= 15 is 0 Å². The highest BCUT2D eigenvalue weighted by molar-refractivity contribution is 5.41. The van der Waals surface area contributed by atoms with Gasteiger partial charge in [0, 0.05) is 12.1 Å². The molecule has 0 amide bonds. The molecule has 18 heavy (non-hydrogen) atoms. The molecule has 0 bridgehead atoms. The number of rotatable bonds is 4. The average Bonchev–Trinajstić information content (AvgIpc) is 2.67. The van der Waals surface area contributed by atoms with Gasteiger partial charge in [0.25, 0.3) is 0 Å². The first-order chi connectivity index (χ1) is 8.58. The average molecular weight is 249 g/mol. The highest BCUT2D eigenvalue weighted by Gasteiger charge is 2.35. The Bertz CT molecular complexity index is 417. The molecule has 100 valence electrons. The van der Waals surface area contributed by atoms with Gasteiger partial charge >= 0.3 is 0 Å². The van der Waals surface area contributed by atoms with Crippen LogP contribution in [0.2, 0.25) is 0 Å². The van der Waals surface area contributed by atoms with Gasteiger partial charge in [0.2, 0.25) is 0 Å². The second-order valence-electron chi connectivity index (χ2n) is 5.21. The van der Waals surface area contributed by atoms with Gasteiger partial charge in [-0.2, -0.15) is 0 Å². The summed E-state index contributed by atoms with van der Waals surface area (Å²) in [7, 11) is 1.66. The monoisotopic (exact) mass is 249 g/mol. The Morgan fingerprint density at radius 1 is 1.44 bits per heavy atom. The second kappa shape index (κ2) is 5.29. The summed E-state index contributed by atoms with van der Waals surface area (Å²) in [6, 6.07) is 6.65. The molecule has 0 saturated carbocycles. The minimum absolute atomic E-state index is 0.192. The number of benzene rings is 1. The van der Waals surface area contributed by atoms with E-state index in [0.717, 1.165) is 24.3 Å². The topological polar surface area (TPSA) is 32.7 Å². The molecular weight excluding hydrogens is 226 g/mol. The molecule has 1 aromatic carbocycles. The molecule has 0 radical (unpaired) electrons. The summed E-state index contributed by atoms with van der Waals surface area (Å²) in [5, 5.41) is 10.5. The van der Waals surface area contributed by atoms with Crippen LogP contribution in [0.4, 0.5) is 0 Å². The number of fused-ring (bicyclic) bond motifs is 1. The van der Waals surface area contributed by atoms with Gasteiger partial charge in [-0.15, -0.1) is 0 Å². The summed E-state index contributed by atoms with van der Waals surface area (Å²) in [6.07, 6.45) is 0.518. The molecule has 0 saturated heterocycles. The molecule has 1 aliphatic rings. The fourth-order valence-electron chi connectivity index (χ4n) is 2.99. The highest BCUT2D eigenvalue weighted by Crippen LogP contribution is 2.37. The van der Waals surface area contributed by atoms with E-state index < -0.39 is 6.10 Å². The third-order valence-electron chi connectivity index (χ3n) is 3.92. The Labute approximate surface area is 109 Å². The first kappa shape index (κ1) is 13.4. The Morgan fingerprint density at radius 3 is 2.72 bits per heavy atom. The van der Waals surface area contributed by atoms with Crippen molar-refractivity contribution in [2.24, 2.45) is 0 Å². The maximum absolute atomic E-state index is 10.5. The van der Waals surface area contributed by atoms with Crippen LogP contribution in [-0.2, 0) is 6.42 Å². The van der Waals surface area contributed by atoms with Crippen molar-refractivity contribution in [1.82, 2.24) is 4.90 Å². The van der Waals surface area contributed by atoms with E-state index in [2.05, 4.69) is 31.7 Å². The van der Waals surface area contributed by atoms with Crippen LogP contribution in [0.15, 0.2) is 18.2 Å². The summed E-state index contributed by atoms with van der Waals surface area (Å²) in [5.41, 5.74) is 2.27. The van der Waals surface area contributed by atoms with Crippen molar-refractivity contribution in [2.75, 3.05) is 13.7 Å². The van der Waals surface area contributed by atoms with Gasteiger partial charge in [-0.1, -0.05) is 13.0 Å². The van der Waals surface area contributed by atoms with E-state index in [-0.39, 0.29) is 6.04 Å². The highest BCUT2D eigenvalue weighted by atomic mass is 16.5. The molecule has 0 fully saturated rings. The fraction of sp³-hybridized carbons (Fsp3) is 0.600. The standard InChI is InChI=1S/C15H23NO2/c1-5-16(10(2)3)14-8-11-6-7-12(18-4)9-13(11)15(14)17/h6-7,9-10,14-15,17H,5,8H2,1-4H3. The molecule has 0 spiro atoms. The molecule has 3 heteroatoms. The predicted molar refractivity (Wildman–Crippen MR) is 73.0 cm³/mol. The number of methoxy groups -OCH3 is 1. The van der Waals surface area contributed by atoms with Crippen molar-refractivity contribution < 1.29 is 9.84 Å². The molecule has 1 aromatic rings. The minimum Gasteiger partial charge on any atom is -0.497 e. The van der Waals surface area contributed by atoms with Crippen molar-refractivity contribution in [2.45, 2.75) is 45.4 Å². The fourth-order valence-corrected chi connectivity index (χ4v) is 2.99. The SMILES string of the molecule is CCN(C(C)C)C1Cc2ccc(OC)cc2C1O. The first-order valence-electron chi connectivity index (χ1n) is 6.69. The van der Waals surface area contributed by atoms with E-state index in [0.29, 0.717) is 6.04 Å². The van der Waals surface area contributed by atoms with E-state index in [4.69, 9.17) is 4.74 Å². The number of likely N-dealkylation sites (N-methyl/N-ethyl adjacent to an activating group) is 1. The molecule has 0 heterocycles. The zero-order chi connectivity index (χ0) is 13.3. The Balaban J connectivity index is 2.26. The van der Waals surface area contributed by atoms with Gasteiger partial charge < -0.3 is 9.84 Å². The van der Waals surface area contributed by atoms with Gasteiger partial charge in [-0.3, -0.25) is 4.90 Å². The van der Waals surface area contributed by atoms with Crippen LogP contribution in [0.25, 0.3) is 0 Å². The Morgan fingerprint density at radius 2 is 2.17 bits per heavy atom. The molecule has 1 aliphatic carbocycles. The summed E-state index contributed by atoms with van der Waals surface area (Å²) in [4.78, 5) is 2.36. The normalized spacial score (nSPS) is 22.6. The van der Waals surface area contributed by atoms with E-state index in [1.54, 1.807) is 7.11 Å². The number of nitrogens with zero attached hydrogens (tertiary/aromatic N) is 1. The van der Waals surface area contributed by atoms with Gasteiger partial charge in [-0.05, 0) is 50.1 Å². The molecule has 0 aliphatic heterocycles. The number of hydrogen-bond acceptors (Lipinski definition) is 3. The molecule has 0 aromatic heterocycles. The predicted octanol–water partition coefficient (Wildman–Crippen LogP) is 2.38. The van der Waals surface area contributed by atoms with Gasteiger partial charge in [-0.25, -0.2) is 0 Å². The number of hydrogen-bond donors (Lipinski definition) is 1. The lowest BCUT2D eigenvalue weighted by Gasteiger charge is -2.33. The lowest BCUT2D eigenvalue weighted by Crippen LogP contribution is -2.42. The first-order valence-corrected chi connectivity index (χ1v) is 6.69.